The zero-order valence-electron chi connectivity index (χ0n) is 14.0. The van der Waals surface area contributed by atoms with Crippen molar-refractivity contribution in [2.45, 2.75) is 23.0 Å². The average molecular weight is 357 g/mol. The van der Waals surface area contributed by atoms with Crippen LogP contribution in [0.4, 0.5) is 0 Å². The summed E-state index contributed by atoms with van der Waals surface area (Å²) < 4.78 is 31.2. The van der Waals surface area contributed by atoms with Gasteiger partial charge in [0.05, 0.1) is 29.9 Å². The van der Waals surface area contributed by atoms with Crippen molar-refractivity contribution in [1.82, 2.24) is 0 Å². The summed E-state index contributed by atoms with van der Waals surface area (Å²) in [6, 6.07) is 15.5. The molecule has 1 fully saturated rings. The second-order valence-electron chi connectivity index (χ2n) is 6.34. The fourth-order valence-electron chi connectivity index (χ4n) is 3.38. The second kappa shape index (κ2) is 6.17. The van der Waals surface area contributed by atoms with E-state index in [0.717, 1.165) is 5.56 Å². The lowest BCUT2D eigenvalue weighted by Crippen LogP contribution is -2.18. The van der Waals surface area contributed by atoms with Crippen molar-refractivity contribution < 1.29 is 18.3 Å². The monoisotopic (exact) mass is 357 g/mol. The smallest absolute Gasteiger partial charge is 0.183 e. The third-order valence-electron chi connectivity index (χ3n) is 4.88. The predicted octanol–water partition coefficient (Wildman–Crippen LogP) is 2.45. The number of rotatable bonds is 5. The van der Waals surface area contributed by atoms with Crippen LogP contribution in [-0.4, -0.2) is 32.5 Å². The van der Waals surface area contributed by atoms with Crippen molar-refractivity contribution in [1.29, 1.82) is 5.26 Å². The number of methoxy groups -OCH3 is 1. The summed E-state index contributed by atoms with van der Waals surface area (Å²) in [4.78, 5) is 0.173. The van der Waals surface area contributed by atoms with Gasteiger partial charge in [-0.05, 0) is 36.8 Å². The highest BCUT2D eigenvalue weighted by molar-refractivity contribution is 7.92. The molecule has 25 heavy (non-hydrogen) atoms. The standard InChI is InChI=1S/C19H19NO4S/c1-13-3-9-16(10-4-13)25(22,23)18-17(19(18,11-20)12-21)14-5-7-15(24-2)8-6-14/h3-10,17-18,21H,12H2,1-2H3/t17-,18+,19-/m0/s1. The summed E-state index contributed by atoms with van der Waals surface area (Å²) >= 11 is 0. The van der Waals surface area contributed by atoms with Crippen molar-refractivity contribution in [2.24, 2.45) is 5.41 Å². The quantitative estimate of drug-likeness (QED) is 0.888. The zero-order chi connectivity index (χ0) is 18.2. The minimum Gasteiger partial charge on any atom is -0.497 e. The highest BCUT2D eigenvalue weighted by atomic mass is 32.2. The molecule has 0 saturated heterocycles. The van der Waals surface area contributed by atoms with Gasteiger partial charge in [0.15, 0.2) is 9.84 Å². The number of sulfone groups is 1. The average Bonchev–Trinajstić information content (AvgIpc) is 3.33. The van der Waals surface area contributed by atoms with Crippen molar-refractivity contribution >= 4 is 9.84 Å². The topological polar surface area (TPSA) is 87.4 Å². The Kier molecular flexibility index (Phi) is 4.31. The largest absolute Gasteiger partial charge is 0.497 e. The van der Waals surface area contributed by atoms with Crippen LogP contribution in [0.2, 0.25) is 0 Å². The third-order valence-corrected chi connectivity index (χ3v) is 7.18. The third kappa shape index (κ3) is 2.70. The van der Waals surface area contributed by atoms with E-state index in [0.29, 0.717) is 11.3 Å². The fourth-order valence-corrected chi connectivity index (χ4v) is 5.69. The molecule has 0 heterocycles. The van der Waals surface area contributed by atoms with Gasteiger partial charge in [-0.1, -0.05) is 29.8 Å². The van der Waals surface area contributed by atoms with E-state index in [4.69, 9.17) is 4.74 Å². The lowest BCUT2D eigenvalue weighted by Gasteiger charge is -2.06. The van der Waals surface area contributed by atoms with Crippen LogP contribution in [0, 0.1) is 23.7 Å². The summed E-state index contributed by atoms with van der Waals surface area (Å²) in [7, 11) is -2.20. The Hall–Kier alpha value is -2.36. The number of benzene rings is 2. The Bertz CT molecular complexity index is 913. The predicted molar refractivity (Wildman–Crippen MR) is 93.0 cm³/mol. The van der Waals surface area contributed by atoms with Crippen molar-refractivity contribution in [3.05, 3.63) is 59.7 Å². The lowest BCUT2D eigenvalue weighted by atomic mass is 10.0. The molecule has 3 atom stereocenters. The highest BCUT2D eigenvalue weighted by Crippen LogP contribution is 2.63. The molecule has 1 aliphatic carbocycles. The normalized spacial score (nSPS) is 25.2. The first-order chi connectivity index (χ1) is 11.9. The summed E-state index contributed by atoms with van der Waals surface area (Å²) in [5.74, 6) is 0.0774. The van der Waals surface area contributed by atoms with E-state index in [1.165, 1.54) is 0 Å². The minimum absolute atomic E-state index is 0.173. The Morgan fingerprint density at radius 2 is 1.76 bits per heavy atom. The molecule has 6 heteroatoms. The van der Waals surface area contributed by atoms with Crippen LogP contribution in [-0.2, 0) is 9.84 Å². The molecule has 1 saturated carbocycles. The molecule has 2 aromatic rings. The first-order valence-corrected chi connectivity index (χ1v) is 9.42. The van der Waals surface area contributed by atoms with Gasteiger partial charge in [-0.2, -0.15) is 5.26 Å². The molecule has 1 aliphatic rings. The highest BCUT2D eigenvalue weighted by Gasteiger charge is 2.72. The molecule has 0 aromatic heterocycles. The number of hydrogen-bond acceptors (Lipinski definition) is 5. The van der Waals surface area contributed by atoms with E-state index in [1.807, 2.05) is 6.92 Å². The molecular formula is C19H19NO4S. The molecule has 2 aromatic carbocycles. The Labute approximate surface area is 147 Å². The van der Waals surface area contributed by atoms with Crippen LogP contribution >= 0.6 is 0 Å². The van der Waals surface area contributed by atoms with Gasteiger partial charge in [-0.15, -0.1) is 0 Å². The molecule has 1 N–H and O–H groups in total. The summed E-state index contributed by atoms with van der Waals surface area (Å²) in [5, 5.41) is 18.5. The van der Waals surface area contributed by atoms with E-state index in [-0.39, 0.29) is 4.90 Å². The molecule has 5 nitrogen and oxygen atoms in total. The van der Waals surface area contributed by atoms with Crippen molar-refractivity contribution in [3.63, 3.8) is 0 Å². The molecule has 0 spiro atoms. The first kappa shape index (κ1) is 17.5. The number of nitriles is 1. The van der Waals surface area contributed by atoms with Crippen LogP contribution in [0.5, 0.6) is 5.75 Å². The van der Waals surface area contributed by atoms with Crippen LogP contribution in [0.25, 0.3) is 0 Å². The number of aryl methyl sites for hydroxylation is 1. The molecule has 3 rings (SSSR count). The van der Waals surface area contributed by atoms with Gasteiger partial charge in [-0.25, -0.2) is 8.42 Å². The number of aliphatic hydroxyl groups is 1. The number of aliphatic hydroxyl groups excluding tert-OH is 1. The maximum atomic E-state index is 13.1. The fraction of sp³-hybridized carbons (Fsp3) is 0.316. The molecule has 130 valence electrons. The minimum atomic E-state index is -3.74. The number of nitrogens with zero attached hydrogens (tertiary/aromatic N) is 1. The van der Waals surface area contributed by atoms with E-state index >= 15 is 0 Å². The van der Waals surface area contributed by atoms with Gasteiger partial charge in [0.25, 0.3) is 0 Å². The van der Waals surface area contributed by atoms with E-state index in [9.17, 15) is 18.8 Å². The zero-order valence-corrected chi connectivity index (χ0v) is 14.8. The van der Waals surface area contributed by atoms with Crippen LogP contribution in [0.1, 0.15) is 17.0 Å². The van der Waals surface area contributed by atoms with Crippen molar-refractivity contribution in [3.8, 4) is 11.8 Å². The van der Waals surface area contributed by atoms with Crippen LogP contribution < -0.4 is 4.74 Å². The van der Waals surface area contributed by atoms with Crippen molar-refractivity contribution in [2.75, 3.05) is 13.7 Å². The van der Waals surface area contributed by atoms with E-state index < -0.39 is 33.0 Å². The molecule has 0 bridgehead atoms. The van der Waals surface area contributed by atoms with Gasteiger partial charge in [-0.3, -0.25) is 0 Å². The summed E-state index contributed by atoms with van der Waals surface area (Å²) in [6.45, 7) is 1.37. The SMILES string of the molecule is COc1ccc([C@H]2[C@@H](S(=O)(=O)c3ccc(C)cc3)[C@@]2(C#N)CO)cc1. The van der Waals surface area contributed by atoms with Gasteiger partial charge < -0.3 is 9.84 Å². The number of ether oxygens (including phenoxy) is 1. The Morgan fingerprint density at radius 3 is 2.24 bits per heavy atom. The number of hydrogen-bond donors (Lipinski definition) is 1. The van der Waals surface area contributed by atoms with E-state index in [1.54, 1.807) is 55.6 Å². The lowest BCUT2D eigenvalue weighted by molar-refractivity contribution is 0.242. The van der Waals surface area contributed by atoms with Gasteiger partial charge in [0, 0.05) is 5.92 Å². The van der Waals surface area contributed by atoms with Gasteiger partial charge in [0.1, 0.15) is 11.2 Å². The maximum absolute atomic E-state index is 13.1. The van der Waals surface area contributed by atoms with Gasteiger partial charge in [0.2, 0.25) is 0 Å². The molecule has 0 aliphatic heterocycles. The Balaban J connectivity index is 2.04. The second-order valence-corrected chi connectivity index (χ2v) is 8.41. The summed E-state index contributed by atoms with van der Waals surface area (Å²) in [6.07, 6.45) is 0. The summed E-state index contributed by atoms with van der Waals surface area (Å²) in [5.41, 5.74) is 0.338. The molecule has 0 unspecified atom stereocenters. The molecular weight excluding hydrogens is 338 g/mol. The van der Waals surface area contributed by atoms with Crippen LogP contribution in [0.15, 0.2) is 53.4 Å². The van der Waals surface area contributed by atoms with E-state index in [2.05, 4.69) is 6.07 Å². The first-order valence-electron chi connectivity index (χ1n) is 7.87. The molecule has 0 amide bonds. The van der Waals surface area contributed by atoms with Gasteiger partial charge >= 0.3 is 0 Å². The molecule has 0 radical (unpaired) electrons. The maximum Gasteiger partial charge on any atom is 0.183 e. The Morgan fingerprint density at radius 1 is 1.16 bits per heavy atom. The van der Waals surface area contributed by atoms with Crippen LogP contribution in [0.3, 0.4) is 0 Å².